The molecule has 1 saturated carbocycles. The van der Waals surface area contributed by atoms with E-state index < -0.39 is 0 Å². The van der Waals surface area contributed by atoms with Crippen LogP contribution in [0.4, 0.5) is 0 Å². The predicted molar refractivity (Wildman–Crippen MR) is 82.3 cm³/mol. The van der Waals surface area contributed by atoms with Crippen molar-refractivity contribution in [3.63, 3.8) is 0 Å². The van der Waals surface area contributed by atoms with Crippen LogP contribution in [0.2, 0.25) is 5.02 Å². The number of ether oxygens (including phenoxy) is 1. The number of nitrogens with one attached hydrogen (secondary N) is 1. The minimum Gasteiger partial charge on any atom is -0.380 e. The van der Waals surface area contributed by atoms with Crippen LogP contribution in [0, 0.1) is 12.8 Å². The third-order valence-electron chi connectivity index (χ3n) is 4.09. The van der Waals surface area contributed by atoms with Crippen LogP contribution < -0.4 is 5.32 Å². The van der Waals surface area contributed by atoms with Gasteiger partial charge in [0.15, 0.2) is 0 Å². The van der Waals surface area contributed by atoms with E-state index in [1.165, 1.54) is 12.8 Å². The molecule has 4 nitrogen and oxygen atoms in total. The fourth-order valence-corrected chi connectivity index (χ4v) is 3.16. The van der Waals surface area contributed by atoms with Crippen LogP contribution in [0.15, 0.2) is 0 Å². The van der Waals surface area contributed by atoms with Gasteiger partial charge >= 0.3 is 0 Å². The van der Waals surface area contributed by atoms with Gasteiger partial charge in [-0.3, -0.25) is 4.68 Å². The first-order valence-electron chi connectivity index (χ1n) is 7.60. The molecule has 20 heavy (non-hydrogen) atoms. The van der Waals surface area contributed by atoms with E-state index in [0.29, 0.717) is 12.0 Å². The first-order valence-corrected chi connectivity index (χ1v) is 7.98. The van der Waals surface area contributed by atoms with Crippen molar-refractivity contribution < 1.29 is 4.74 Å². The van der Waals surface area contributed by atoms with Crippen molar-refractivity contribution in [2.24, 2.45) is 5.92 Å². The summed E-state index contributed by atoms with van der Waals surface area (Å²) in [6.45, 7) is 7.99. The van der Waals surface area contributed by atoms with Crippen molar-refractivity contribution in [2.45, 2.75) is 58.7 Å². The molecule has 1 aromatic rings. The van der Waals surface area contributed by atoms with Gasteiger partial charge in [0.2, 0.25) is 0 Å². The Kier molecular flexibility index (Phi) is 5.47. The van der Waals surface area contributed by atoms with Crippen LogP contribution in [-0.4, -0.2) is 35.6 Å². The Morgan fingerprint density at radius 2 is 2.15 bits per heavy atom. The summed E-state index contributed by atoms with van der Waals surface area (Å²) in [5.74, 6) is 0.696. The number of rotatable bonds is 8. The fourth-order valence-electron chi connectivity index (χ4n) is 2.95. The molecule has 0 spiro atoms. The number of aryl methyl sites for hydroxylation is 2. The van der Waals surface area contributed by atoms with E-state index in [-0.39, 0.29) is 6.10 Å². The highest BCUT2D eigenvalue weighted by Gasteiger charge is 2.37. The summed E-state index contributed by atoms with van der Waals surface area (Å²) >= 11 is 6.43. The van der Waals surface area contributed by atoms with Crippen LogP contribution in [0.1, 0.15) is 38.1 Å². The monoisotopic (exact) mass is 299 g/mol. The fraction of sp³-hybridized carbons (Fsp3) is 0.800. The summed E-state index contributed by atoms with van der Waals surface area (Å²) in [6.07, 6.45) is 3.70. The van der Waals surface area contributed by atoms with Crippen molar-refractivity contribution in [2.75, 3.05) is 13.7 Å². The Morgan fingerprint density at radius 3 is 2.65 bits per heavy atom. The second-order valence-corrected chi connectivity index (χ2v) is 5.95. The molecule has 1 aromatic heterocycles. The zero-order valence-corrected chi connectivity index (χ0v) is 13.7. The lowest BCUT2D eigenvalue weighted by Gasteiger charge is -2.27. The molecule has 0 saturated heterocycles. The van der Waals surface area contributed by atoms with Gasteiger partial charge < -0.3 is 10.1 Å². The molecule has 1 aliphatic rings. The molecule has 1 heterocycles. The first kappa shape index (κ1) is 15.8. The minimum atomic E-state index is 0.270. The van der Waals surface area contributed by atoms with E-state index in [1.807, 2.05) is 18.7 Å². The van der Waals surface area contributed by atoms with Crippen molar-refractivity contribution in [3.05, 3.63) is 16.4 Å². The van der Waals surface area contributed by atoms with Gasteiger partial charge in [0.25, 0.3) is 0 Å². The summed E-state index contributed by atoms with van der Waals surface area (Å²) in [7, 11) is 1.82. The Labute approximate surface area is 126 Å². The first-order chi connectivity index (χ1) is 9.62. The summed E-state index contributed by atoms with van der Waals surface area (Å²) in [5, 5.41) is 8.88. The lowest BCUT2D eigenvalue weighted by atomic mass is 10.0. The van der Waals surface area contributed by atoms with Crippen LogP contribution >= 0.6 is 11.6 Å². The predicted octanol–water partition coefficient (Wildman–Crippen LogP) is 2.81. The van der Waals surface area contributed by atoms with Crippen LogP contribution in [0.3, 0.4) is 0 Å². The number of hydrogen-bond donors (Lipinski definition) is 1. The van der Waals surface area contributed by atoms with Crippen molar-refractivity contribution in [3.8, 4) is 0 Å². The number of hydrogen-bond acceptors (Lipinski definition) is 3. The molecule has 0 aliphatic heterocycles. The van der Waals surface area contributed by atoms with Crippen LogP contribution in [0.5, 0.6) is 0 Å². The molecular weight excluding hydrogens is 274 g/mol. The molecule has 5 heteroatoms. The van der Waals surface area contributed by atoms with Gasteiger partial charge in [-0.15, -0.1) is 0 Å². The van der Waals surface area contributed by atoms with E-state index in [0.717, 1.165) is 35.9 Å². The lowest BCUT2D eigenvalue weighted by molar-refractivity contribution is 0.0510. The zero-order valence-electron chi connectivity index (χ0n) is 12.9. The standard InChI is InChI=1S/C15H26ClN3O/c1-5-17-12(15(20-4)11-7-8-11)9-13-14(16)10(3)18-19(13)6-2/h11-12,15,17H,5-9H2,1-4H3. The number of halogens is 1. The molecule has 1 N–H and O–H groups in total. The molecule has 0 amide bonds. The smallest absolute Gasteiger partial charge is 0.0847 e. The summed E-state index contributed by atoms with van der Waals surface area (Å²) < 4.78 is 7.76. The Balaban J connectivity index is 2.18. The molecule has 1 fully saturated rings. The highest BCUT2D eigenvalue weighted by molar-refractivity contribution is 6.31. The topological polar surface area (TPSA) is 39.1 Å². The van der Waals surface area contributed by atoms with Crippen molar-refractivity contribution in [1.82, 2.24) is 15.1 Å². The summed E-state index contributed by atoms with van der Waals surface area (Å²) in [5.41, 5.74) is 2.04. The summed E-state index contributed by atoms with van der Waals surface area (Å²) in [6, 6.07) is 0.302. The van der Waals surface area contributed by atoms with E-state index in [4.69, 9.17) is 16.3 Å². The Morgan fingerprint density at radius 1 is 1.45 bits per heavy atom. The maximum Gasteiger partial charge on any atom is 0.0847 e. The van der Waals surface area contributed by atoms with Gasteiger partial charge in [0, 0.05) is 26.1 Å². The Hall–Kier alpha value is -0.580. The molecule has 0 aromatic carbocycles. The minimum absolute atomic E-state index is 0.270. The zero-order chi connectivity index (χ0) is 14.7. The number of nitrogens with zero attached hydrogens (tertiary/aromatic N) is 2. The van der Waals surface area contributed by atoms with Crippen molar-refractivity contribution in [1.29, 1.82) is 0 Å². The van der Waals surface area contributed by atoms with Gasteiger partial charge in [-0.05, 0) is 39.2 Å². The second-order valence-electron chi connectivity index (χ2n) is 5.57. The number of methoxy groups -OCH3 is 1. The molecular formula is C15H26ClN3O. The Bertz CT molecular complexity index is 443. The quantitative estimate of drug-likeness (QED) is 0.802. The largest absolute Gasteiger partial charge is 0.380 e. The normalized spacial score (nSPS) is 18.2. The average molecular weight is 300 g/mol. The molecule has 2 atom stereocenters. The van der Waals surface area contributed by atoms with Gasteiger partial charge in [-0.25, -0.2) is 0 Å². The van der Waals surface area contributed by atoms with Crippen LogP contribution in [0.25, 0.3) is 0 Å². The molecule has 1 aliphatic carbocycles. The number of aromatic nitrogens is 2. The third kappa shape index (κ3) is 3.35. The number of likely N-dealkylation sites (N-methyl/N-ethyl adjacent to an activating group) is 1. The van der Waals surface area contributed by atoms with Crippen molar-refractivity contribution >= 4 is 11.6 Å². The molecule has 0 bridgehead atoms. The highest BCUT2D eigenvalue weighted by Crippen LogP contribution is 2.36. The molecule has 114 valence electrons. The highest BCUT2D eigenvalue weighted by atomic mass is 35.5. The molecule has 2 rings (SSSR count). The van der Waals surface area contributed by atoms with Crippen LogP contribution in [-0.2, 0) is 17.7 Å². The maximum absolute atomic E-state index is 6.43. The van der Waals surface area contributed by atoms with E-state index in [1.54, 1.807) is 0 Å². The average Bonchev–Trinajstić information content (AvgIpc) is 3.22. The molecule has 2 unspecified atom stereocenters. The van der Waals surface area contributed by atoms with E-state index >= 15 is 0 Å². The van der Waals surface area contributed by atoms with Gasteiger partial charge in [-0.1, -0.05) is 18.5 Å². The lowest BCUT2D eigenvalue weighted by Crippen LogP contribution is -2.44. The van der Waals surface area contributed by atoms with Gasteiger partial charge in [0.1, 0.15) is 0 Å². The van der Waals surface area contributed by atoms with E-state index in [9.17, 15) is 0 Å². The second kappa shape index (κ2) is 6.92. The summed E-state index contributed by atoms with van der Waals surface area (Å²) in [4.78, 5) is 0. The van der Waals surface area contributed by atoms with Gasteiger partial charge in [0.05, 0.1) is 22.5 Å². The SMILES string of the molecule is CCNC(Cc1c(Cl)c(C)nn1CC)C(OC)C1CC1. The van der Waals surface area contributed by atoms with Gasteiger partial charge in [-0.2, -0.15) is 5.10 Å². The maximum atomic E-state index is 6.43. The third-order valence-corrected chi connectivity index (χ3v) is 4.58. The molecule has 0 radical (unpaired) electrons. The van der Waals surface area contributed by atoms with E-state index in [2.05, 4.69) is 24.3 Å².